The second-order valence-corrected chi connectivity index (χ2v) is 8.09. The molecule has 0 bridgehead atoms. The molecule has 3 N–H and O–H groups in total. The Balaban J connectivity index is 2.07. The highest BCUT2D eigenvalue weighted by molar-refractivity contribution is 7.91. The fraction of sp³-hybridized carbons (Fsp3) is 0.750. The van der Waals surface area contributed by atoms with Crippen molar-refractivity contribution in [1.29, 1.82) is 0 Å². The molecule has 1 aromatic heterocycles. The quantitative estimate of drug-likeness (QED) is 0.824. The van der Waals surface area contributed by atoms with Crippen molar-refractivity contribution in [2.75, 3.05) is 36.4 Å². The van der Waals surface area contributed by atoms with Crippen molar-refractivity contribution >= 4 is 32.2 Å². The molecule has 0 spiro atoms. The Labute approximate surface area is 124 Å². The second-order valence-electron chi connectivity index (χ2n) is 5.10. The van der Waals surface area contributed by atoms with Gasteiger partial charge in [0.25, 0.3) is 0 Å². The topological polar surface area (TPSA) is 88.3 Å². The number of nitrogens with one attached hydrogen (secondary N) is 1. The third kappa shape index (κ3) is 3.24. The number of anilines is 2. The first-order valence-corrected chi connectivity index (χ1v) is 9.34. The van der Waals surface area contributed by atoms with Crippen molar-refractivity contribution in [3.63, 3.8) is 0 Å². The van der Waals surface area contributed by atoms with Crippen LogP contribution in [0.5, 0.6) is 0 Å². The largest absolute Gasteiger partial charge is 0.382 e. The molecule has 2 rings (SSSR count). The van der Waals surface area contributed by atoms with Crippen molar-refractivity contribution in [3.8, 4) is 0 Å². The van der Waals surface area contributed by atoms with Crippen LogP contribution in [-0.4, -0.2) is 49.1 Å². The number of nitrogens with two attached hydrogens (primary N) is 1. The van der Waals surface area contributed by atoms with E-state index in [1.165, 1.54) is 12.8 Å². The van der Waals surface area contributed by atoms with E-state index in [2.05, 4.69) is 21.5 Å². The van der Waals surface area contributed by atoms with E-state index in [4.69, 9.17) is 5.73 Å². The number of hydrogen-bond donors (Lipinski definition) is 2. The van der Waals surface area contributed by atoms with E-state index in [1.54, 1.807) is 6.92 Å². The van der Waals surface area contributed by atoms with Crippen LogP contribution in [0.4, 0.5) is 10.8 Å². The Hall–Kier alpha value is -0.860. The van der Waals surface area contributed by atoms with Gasteiger partial charge in [-0.2, -0.15) is 4.37 Å². The first-order valence-electron chi connectivity index (χ1n) is 6.91. The molecule has 2 heterocycles. The summed E-state index contributed by atoms with van der Waals surface area (Å²) in [6.45, 7) is 6.70. The zero-order valence-electron chi connectivity index (χ0n) is 11.9. The van der Waals surface area contributed by atoms with Crippen molar-refractivity contribution in [2.45, 2.75) is 37.6 Å². The first-order chi connectivity index (χ1) is 9.45. The Morgan fingerprint density at radius 1 is 1.45 bits per heavy atom. The normalized spacial score (nSPS) is 18.3. The summed E-state index contributed by atoms with van der Waals surface area (Å²) in [7, 11) is -3.34. The summed E-state index contributed by atoms with van der Waals surface area (Å²) in [5, 5.41) is 3.77. The zero-order valence-corrected chi connectivity index (χ0v) is 13.6. The van der Waals surface area contributed by atoms with Crippen molar-refractivity contribution in [2.24, 2.45) is 0 Å². The number of aromatic nitrogens is 1. The van der Waals surface area contributed by atoms with Gasteiger partial charge >= 0.3 is 0 Å². The molecule has 20 heavy (non-hydrogen) atoms. The highest BCUT2D eigenvalue weighted by Crippen LogP contribution is 2.32. The predicted octanol–water partition coefficient (Wildman–Crippen LogP) is 1.42. The van der Waals surface area contributed by atoms with E-state index < -0.39 is 9.84 Å². The lowest BCUT2D eigenvalue weighted by Gasteiger charge is -2.24. The zero-order chi connectivity index (χ0) is 14.8. The van der Waals surface area contributed by atoms with Gasteiger partial charge in [-0.3, -0.25) is 4.90 Å². The minimum Gasteiger partial charge on any atom is -0.382 e. The van der Waals surface area contributed by atoms with Gasteiger partial charge in [-0.25, -0.2) is 8.42 Å². The van der Waals surface area contributed by atoms with Crippen molar-refractivity contribution in [1.82, 2.24) is 9.27 Å². The number of sulfone groups is 1. The Morgan fingerprint density at radius 2 is 2.10 bits per heavy atom. The van der Waals surface area contributed by atoms with Gasteiger partial charge in [0.05, 0.1) is 5.75 Å². The molecule has 1 aliphatic rings. The highest BCUT2D eigenvalue weighted by Gasteiger charge is 2.25. The fourth-order valence-corrected chi connectivity index (χ4v) is 4.58. The number of likely N-dealkylation sites (tertiary alicyclic amines) is 1. The lowest BCUT2D eigenvalue weighted by atomic mass is 10.3. The van der Waals surface area contributed by atoms with Crippen LogP contribution in [0.15, 0.2) is 4.90 Å². The van der Waals surface area contributed by atoms with Crippen LogP contribution in [0, 0.1) is 0 Å². The monoisotopic (exact) mass is 318 g/mol. The average Bonchev–Trinajstić information content (AvgIpc) is 3.05. The van der Waals surface area contributed by atoms with E-state index in [9.17, 15) is 8.42 Å². The molecule has 1 fully saturated rings. The van der Waals surface area contributed by atoms with Gasteiger partial charge in [0.2, 0.25) is 0 Å². The van der Waals surface area contributed by atoms with Gasteiger partial charge in [-0.05, 0) is 44.4 Å². The molecule has 6 nitrogen and oxygen atoms in total. The van der Waals surface area contributed by atoms with E-state index in [1.807, 2.05) is 0 Å². The number of nitrogens with zero attached hydrogens (tertiary/aromatic N) is 2. The molecule has 0 aliphatic carbocycles. The van der Waals surface area contributed by atoms with Crippen LogP contribution < -0.4 is 11.1 Å². The molecule has 1 unspecified atom stereocenters. The van der Waals surface area contributed by atoms with Crippen LogP contribution >= 0.6 is 11.5 Å². The maximum Gasteiger partial charge on any atom is 0.184 e. The maximum atomic E-state index is 12.0. The molecule has 1 aliphatic heterocycles. The second kappa shape index (κ2) is 6.28. The Morgan fingerprint density at radius 3 is 2.70 bits per heavy atom. The molecular weight excluding hydrogens is 296 g/mol. The molecular formula is C12H22N4O2S2. The summed E-state index contributed by atoms with van der Waals surface area (Å²) >= 11 is 1.12. The van der Waals surface area contributed by atoms with Gasteiger partial charge in [-0.1, -0.05) is 6.92 Å². The number of rotatable bonds is 6. The number of nitrogen functional groups attached to an aromatic ring is 1. The smallest absolute Gasteiger partial charge is 0.184 e. The molecule has 1 aromatic rings. The maximum absolute atomic E-state index is 12.0. The molecule has 0 aromatic carbocycles. The van der Waals surface area contributed by atoms with Crippen LogP contribution in [0.3, 0.4) is 0 Å². The van der Waals surface area contributed by atoms with Gasteiger partial charge < -0.3 is 11.1 Å². The molecule has 114 valence electrons. The minimum absolute atomic E-state index is 0.0337. The number of hydrogen-bond acceptors (Lipinski definition) is 7. The van der Waals surface area contributed by atoms with Crippen LogP contribution in [0.1, 0.15) is 26.7 Å². The molecule has 1 saturated heterocycles. The highest BCUT2D eigenvalue weighted by atomic mass is 32.2. The minimum atomic E-state index is -3.34. The summed E-state index contributed by atoms with van der Waals surface area (Å²) < 4.78 is 28.1. The molecule has 8 heteroatoms. The predicted molar refractivity (Wildman–Crippen MR) is 83.0 cm³/mol. The summed E-state index contributed by atoms with van der Waals surface area (Å²) in [6.07, 6.45) is 2.49. The van der Waals surface area contributed by atoms with Gasteiger partial charge in [0.15, 0.2) is 15.7 Å². The Kier molecular flexibility index (Phi) is 4.87. The van der Waals surface area contributed by atoms with E-state index >= 15 is 0 Å². The van der Waals surface area contributed by atoms with Gasteiger partial charge in [0, 0.05) is 12.6 Å². The molecule has 0 saturated carbocycles. The van der Waals surface area contributed by atoms with Gasteiger partial charge in [-0.15, -0.1) is 0 Å². The van der Waals surface area contributed by atoms with Crippen LogP contribution in [0.25, 0.3) is 0 Å². The van der Waals surface area contributed by atoms with E-state index in [0.717, 1.165) is 24.6 Å². The fourth-order valence-electron chi connectivity index (χ4n) is 2.40. The van der Waals surface area contributed by atoms with Crippen LogP contribution in [-0.2, 0) is 9.84 Å². The van der Waals surface area contributed by atoms with Crippen molar-refractivity contribution < 1.29 is 8.42 Å². The molecule has 0 amide bonds. The summed E-state index contributed by atoms with van der Waals surface area (Å²) in [6, 6.07) is 0.373. The first kappa shape index (κ1) is 15.5. The summed E-state index contributed by atoms with van der Waals surface area (Å²) in [4.78, 5) is 2.57. The third-order valence-corrected chi connectivity index (χ3v) is 6.43. The van der Waals surface area contributed by atoms with E-state index in [-0.39, 0.29) is 16.5 Å². The Bertz CT molecular complexity index is 550. The van der Waals surface area contributed by atoms with Gasteiger partial charge in [0.1, 0.15) is 9.90 Å². The standard InChI is InChI=1S/C12H22N4O2S2/c1-3-20(17,18)10-11(13)15-19-12(10)14-8-9(2)16-6-4-5-7-16/h9,14H,3-8H2,1-2H3,(H2,13,15). The summed E-state index contributed by atoms with van der Waals surface area (Å²) in [5.41, 5.74) is 5.70. The third-order valence-electron chi connectivity index (χ3n) is 3.69. The van der Waals surface area contributed by atoms with Crippen LogP contribution in [0.2, 0.25) is 0 Å². The molecule has 0 radical (unpaired) electrons. The SMILES string of the molecule is CCS(=O)(=O)c1c(N)nsc1NCC(C)N1CCCC1. The average molecular weight is 318 g/mol. The lowest BCUT2D eigenvalue weighted by Crippen LogP contribution is -2.35. The van der Waals surface area contributed by atoms with E-state index in [0.29, 0.717) is 17.6 Å². The molecule has 1 atom stereocenters. The summed E-state index contributed by atoms with van der Waals surface area (Å²) in [5.74, 6) is 0.138. The lowest BCUT2D eigenvalue weighted by molar-refractivity contribution is 0.269. The van der Waals surface area contributed by atoms with Crippen molar-refractivity contribution in [3.05, 3.63) is 0 Å².